The Balaban J connectivity index is 1.29. The third kappa shape index (κ3) is 3.81. The number of carbonyl (C=O) groups excluding carboxylic acids is 3. The number of hydrogen-bond acceptors (Lipinski definition) is 6. The highest BCUT2D eigenvalue weighted by Gasteiger charge is 2.46. The zero-order valence-electron chi connectivity index (χ0n) is 15.2. The predicted octanol–water partition coefficient (Wildman–Crippen LogP) is 2.87. The lowest BCUT2D eigenvalue weighted by Crippen LogP contribution is -2.34. The standard InChI is InChI=1S/C19H24N4O3S/c24-15(20-19-22-21-16(27-19)12-6-2-1-3-7-12)10-11-23-17(25)13-8-4-5-9-14(13)18(23)26/h4-5,12-14H,1-3,6-11H2,(H,20,22,24). The summed E-state index contributed by atoms with van der Waals surface area (Å²) < 4.78 is 0. The molecule has 2 unspecified atom stereocenters. The van der Waals surface area contributed by atoms with E-state index in [1.54, 1.807) is 0 Å². The third-order valence-corrected chi connectivity index (χ3v) is 6.80. The Labute approximate surface area is 162 Å². The maximum Gasteiger partial charge on any atom is 0.233 e. The average molecular weight is 388 g/mol. The van der Waals surface area contributed by atoms with Crippen LogP contribution in [-0.2, 0) is 14.4 Å². The fourth-order valence-electron chi connectivity index (χ4n) is 4.28. The number of aromatic nitrogens is 2. The number of allylic oxidation sites excluding steroid dienone is 2. The Morgan fingerprint density at radius 2 is 1.74 bits per heavy atom. The molecule has 144 valence electrons. The van der Waals surface area contributed by atoms with Crippen LogP contribution in [0.2, 0.25) is 0 Å². The molecule has 0 aromatic carbocycles. The summed E-state index contributed by atoms with van der Waals surface area (Å²) in [5, 5.41) is 12.6. The van der Waals surface area contributed by atoms with Crippen LogP contribution in [0.4, 0.5) is 5.13 Å². The van der Waals surface area contributed by atoms with E-state index in [9.17, 15) is 14.4 Å². The van der Waals surface area contributed by atoms with Gasteiger partial charge < -0.3 is 5.32 Å². The molecule has 3 aliphatic rings. The zero-order chi connectivity index (χ0) is 18.8. The van der Waals surface area contributed by atoms with Crippen molar-refractivity contribution in [2.24, 2.45) is 11.8 Å². The molecule has 1 aromatic heterocycles. The number of hydrogen-bond donors (Lipinski definition) is 1. The summed E-state index contributed by atoms with van der Waals surface area (Å²) >= 11 is 1.43. The van der Waals surface area contributed by atoms with Crippen molar-refractivity contribution < 1.29 is 14.4 Å². The van der Waals surface area contributed by atoms with Crippen molar-refractivity contribution in [3.63, 3.8) is 0 Å². The summed E-state index contributed by atoms with van der Waals surface area (Å²) in [5.74, 6) is -0.553. The Morgan fingerprint density at radius 3 is 2.41 bits per heavy atom. The first-order chi connectivity index (χ1) is 13.1. The van der Waals surface area contributed by atoms with Gasteiger partial charge in [0.15, 0.2) is 0 Å². The van der Waals surface area contributed by atoms with Crippen LogP contribution in [0.15, 0.2) is 12.2 Å². The van der Waals surface area contributed by atoms with Crippen LogP contribution < -0.4 is 5.32 Å². The van der Waals surface area contributed by atoms with Crippen molar-refractivity contribution in [3.8, 4) is 0 Å². The number of likely N-dealkylation sites (tertiary alicyclic amines) is 1. The minimum atomic E-state index is -0.244. The quantitative estimate of drug-likeness (QED) is 0.618. The second-order valence-electron chi connectivity index (χ2n) is 7.56. The average Bonchev–Trinajstić information content (AvgIpc) is 3.25. The van der Waals surface area contributed by atoms with E-state index in [-0.39, 0.29) is 42.5 Å². The molecule has 2 fully saturated rings. The van der Waals surface area contributed by atoms with E-state index in [0.29, 0.717) is 23.9 Å². The van der Waals surface area contributed by atoms with Crippen LogP contribution in [0.5, 0.6) is 0 Å². The highest BCUT2D eigenvalue weighted by Crippen LogP contribution is 2.36. The van der Waals surface area contributed by atoms with Gasteiger partial charge in [-0.15, -0.1) is 10.2 Å². The van der Waals surface area contributed by atoms with Gasteiger partial charge in [0, 0.05) is 18.9 Å². The number of fused-ring (bicyclic) bond motifs is 1. The smallest absolute Gasteiger partial charge is 0.233 e. The van der Waals surface area contributed by atoms with E-state index in [1.165, 1.54) is 35.5 Å². The summed E-state index contributed by atoms with van der Waals surface area (Å²) in [6.45, 7) is 0.130. The number of anilines is 1. The molecule has 1 saturated carbocycles. The molecule has 0 bridgehead atoms. The van der Waals surface area contributed by atoms with Crippen molar-refractivity contribution in [3.05, 3.63) is 17.2 Å². The molecule has 1 N–H and O–H groups in total. The summed E-state index contributed by atoms with van der Waals surface area (Å²) in [7, 11) is 0. The zero-order valence-corrected chi connectivity index (χ0v) is 16.0. The molecule has 2 heterocycles. The van der Waals surface area contributed by atoms with Crippen molar-refractivity contribution in [1.29, 1.82) is 0 Å². The minimum absolute atomic E-state index is 0.0860. The number of nitrogens with one attached hydrogen (secondary N) is 1. The van der Waals surface area contributed by atoms with Gasteiger partial charge in [-0.25, -0.2) is 0 Å². The molecule has 1 aromatic rings. The van der Waals surface area contributed by atoms with Crippen molar-refractivity contribution in [2.45, 2.75) is 57.3 Å². The number of carbonyl (C=O) groups is 3. The lowest BCUT2D eigenvalue weighted by Gasteiger charge is -2.18. The van der Waals surface area contributed by atoms with Gasteiger partial charge in [0.05, 0.1) is 11.8 Å². The molecular weight excluding hydrogens is 364 g/mol. The van der Waals surface area contributed by atoms with Gasteiger partial charge in [0.25, 0.3) is 0 Å². The van der Waals surface area contributed by atoms with Gasteiger partial charge in [-0.1, -0.05) is 42.8 Å². The second-order valence-corrected chi connectivity index (χ2v) is 8.57. The monoisotopic (exact) mass is 388 g/mol. The van der Waals surface area contributed by atoms with Crippen LogP contribution in [0.25, 0.3) is 0 Å². The first-order valence-electron chi connectivity index (χ1n) is 9.77. The maximum atomic E-state index is 12.4. The van der Waals surface area contributed by atoms with Gasteiger partial charge in [0.2, 0.25) is 22.9 Å². The van der Waals surface area contributed by atoms with E-state index in [0.717, 1.165) is 17.8 Å². The molecule has 8 heteroatoms. The topological polar surface area (TPSA) is 92.3 Å². The van der Waals surface area contributed by atoms with Gasteiger partial charge in [-0.2, -0.15) is 0 Å². The Bertz CT molecular complexity index is 743. The maximum absolute atomic E-state index is 12.4. The molecule has 7 nitrogen and oxygen atoms in total. The molecule has 4 rings (SSSR count). The molecule has 1 aliphatic heterocycles. The Morgan fingerprint density at radius 1 is 1.07 bits per heavy atom. The van der Waals surface area contributed by atoms with E-state index >= 15 is 0 Å². The molecule has 0 spiro atoms. The molecule has 3 amide bonds. The van der Waals surface area contributed by atoms with Crippen LogP contribution in [-0.4, -0.2) is 39.4 Å². The number of rotatable bonds is 5. The summed E-state index contributed by atoms with van der Waals surface area (Å²) in [5.41, 5.74) is 0. The van der Waals surface area contributed by atoms with Crippen LogP contribution >= 0.6 is 11.3 Å². The lowest BCUT2D eigenvalue weighted by atomic mass is 9.85. The minimum Gasteiger partial charge on any atom is -0.300 e. The largest absolute Gasteiger partial charge is 0.300 e. The third-order valence-electron chi connectivity index (χ3n) is 5.80. The fourth-order valence-corrected chi connectivity index (χ4v) is 5.21. The Kier molecular flexibility index (Phi) is 5.33. The Hall–Kier alpha value is -2.09. The first-order valence-corrected chi connectivity index (χ1v) is 10.6. The van der Waals surface area contributed by atoms with Crippen molar-refractivity contribution in [2.75, 3.05) is 11.9 Å². The van der Waals surface area contributed by atoms with E-state index in [1.807, 2.05) is 12.2 Å². The van der Waals surface area contributed by atoms with Crippen molar-refractivity contribution >= 4 is 34.2 Å². The van der Waals surface area contributed by atoms with E-state index in [2.05, 4.69) is 15.5 Å². The SMILES string of the molecule is O=C(CCN1C(=O)C2CC=CCC2C1=O)Nc1nnc(C2CCCCC2)s1. The number of nitrogens with zero attached hydrogens (tertiary/aromatic N) is 3. The molecule has 2 aliphatic carbocycles. The lowest BCUT2D eigenvalue weighted by molar-refractivity contribution is -0.140. The number of amides is 3. The first kappa shape index (κ1) is 18.3. The fraction of sp³-hybridized carbons (Fsp3) is 0.632. The second kappa shape index (κ2) is 7.88. The van der Waals surface area contributed by atoms with Crippen LogP contribution in [0.1, 0.15) is 62.3 Å². The molecule has 1 saturated heterocycles. The van der Waals surface area contributed by atoms with Gasteiger partial charge in [-0.05, 0) is 25.7 Å². The van der Waals surface area contributed by atoms with Crippen molar-refractivity contribution in [1.82, 2.24) is 15.1 Å². The normalized spacial score (nSPS) is 25.7. The van der Waals surface area contributed by atoms with Gasteiger partial charge >= 0.3 is 0 Å². The summed E-state index contributed by atoms with van der Waals surface area (Å²) in [4.78, 5) is 38.3. The van der Waals surface area contributed by atoms with Gasteiger partial charge in [0.1, 0.15) is 5.01 Å². The molecular formula is C19H24N4O3S. The van der Waals surface area contributed by atoms with E-state index in [4.69, 9.17) is 0 Å². The van der Waals surface area contributed by atoms with Gasteiger partial charge in [-0.3, -0.25) is 19.3 Å². The summed E-state index contributed by atoms with van der Waals surface area (Å²) in [6.07, 6.45) is 11.2. The highest BCUT2D eigenvalue weighted by molar-refractivity contribution is 7.15. The van der Waals surface area contributed by atoms with Crippen LogP contribution in [0, 0.1) is 11.8 Å². The number of imide groups is 1. The van der Waals surface area contributed by atoms with E-state index < -0.39 is 0 Å². The highest BCUT2D eigenvalue weighted by atomic mass is 32.1. The predicted molar refractivity (Wildman–Crippen MR) is 101 cm³/mol. The van der Waals surface area contributed by atoms with Crippen LogP contribution in [0.3, 0.4) is 0 Å². The molecule has 27 heavy (non-hydrogen) atoms. The molecule has 2 atom stereocenters. The molecule has 0 radical (unpaired) electrons. The summed E-state index contributed by atoms with van der Waals surface area (Å²) in [6, 6.07) is 0.